The molecule has 0 spiro atoms. The van der Waals surface area contributed by atoms with Gasteiger partial charge in [0.15, 0.2) is 0 Å². The Kier molecular flexibility index (Phi) is 4.54. The number of rotatable bonds is 5. The zero-order valence-electron chi connectivity index (χ0n) is 9.29. The molecule has 1 heterocycles. The molecule has 0 saturated heterocycles. The second kappa shape index (κ2) is 5.47. The summed E-state index contributed by atoms with van der Waals surface area (Å²) in [5.74, 6) is 0.817. The van der Waals surface area contributed by atoms with Crippen molar-refractivity contribution in [3.8, 4) is 5.75 Å². The molecular weight excluding hydrogens is 258 g/mol. The number of nitrogens with zero attached hydrogens (tertiary/aromatic N) is 1. The number of hydrogen-bond donors (Lipinski definition) is 0. The molecule has 0 bridgehead atoms. The van der Waals surface area contributed by atoms with Crippen LogP contribution in [0, 0.1) is 0 Å². The smallest absolute Gasteiger partial charge is 0.136 e. The Labute approximate surface area is 98.9 Å². The first-order valence-electron chi connectivity index (χ1n) is 4.82. The van der Waals surface area contributed by atoms with Crippen LogP contribution in [0.1, 0.15) is 20.3 Å². The molecule has 1 aromatic heterocycles. The van der Waals surface area contributed by atoms with Gasteiger partial charge in [0.05, 0.1) is 16.7 Å². The quantitative estimate of drug-likeness (QED) is 0.827. The molecular formula is C11H16BrNO2. The van der Waals surface area contributed by atoms with Crippen molar-refractivity contribution in [1.29, 1.82) is 0 Å². The van der Waals surface area contributed by atoms with Crippen molar-refractivity contribution in [2.75, 3.05) is 13.7 Å². The van der Waals surface area contributed by atoms with Gasteiger partial charge in [0.25, 0.3) is 0 Å². The van der Waals surface area contributed by atoms with Crippen molar-refractivity contribution in [3.05, 3.63) is 22.9 Å². The van der Waals surface area contributed by atoms with Gasteiger partial charge in [-0.1, -0.05) is 0 Å². The lowest BCUT2D eigenvalue weighted by Crippen LogP contribution is -2.25. The first-order chi connectivity index (χ1) is 7.05. The maximum absolute atomic E-state index is 5.61. The van der Waals surface area contributed by atoms with E-state index in [9.17, 15) is 0 Å². The van der Waals surface area contributed by atoms with E-state index in [4.69, 9.17) is 9.47 Å². The molecule has 4 heteroatoms. The third-order valence-corrected chi connectivity index (χ3v) is 2.85. The molecule has 0 unspecified atom stereocenters. The van der Waals surface area contributed by atoms with Gasteiger partial charge in [-0.05, 0) is 35.8 Å². The summed E-state index contributed by atoms with van der Waals surface area (Å²) in [5.41, 5.74) is -0.139. The van der Waals surface area contributed by atoms with Crippen LogP contribution >= 0.6 is 15.9 Å². The van der Waals surface area contributed by atoms with Gasteiger partial charge < -0.3 is 9.47 Å². The van der Waals surface area contributed by atoms with Gasteiger partial charge in [0.2, 0.25) is 0 Å². The van der Waals surface area contributed by atoms with Gasteiger partial charge in [0.1, 0.15) is 5.75 Å². The van der Waals surface area contributed by atoms with Crippen LogP contribution in [0.15, 0.2) is 22.9 Å². The van der Waals surface area contributed by atoms with Crippen LogP contribution in [0.4, 0.5) is 0 Å². The highest BCUT2D eigenvalue weighted by molar-refractivity contribution is 9.10. The molecule has 0 N–H and O–H groups in total. The lowest BCUT2D eigenvalue weighted by atomic mass is 10.1. The van der Waals surface area contributed by atoms with Crippen molar-refractivity contribution in [3.63, 3.8) is 0 Å². The monoisotopic (exact) mass is 273 g/mol. The van der Waals surface area contributed by atoms with Gasteiger partial charge in [-0.25, -0.2) is 0 Å². The standard InChI is InChI=1S/C11H16BrNO2/c1-11(2,14-3)5-7-15-10-4-6-13-8-9(10)12/h4,6,8H,5,7H2,1-3H3. The van der Waals surface area contributed by atoms with Crippen LogP contribution in [-0.4, -0.2) is 24.3 Å². The molecule has 0 aliphatic rings. The summed E-state index contributed by atoms with van der Waals surface area (Å²) in [5, 5.41) is 0. The first-order valence-corrected chi connectivity index (χ1v) is 5.62. The van der Waals surface area contributed by atoms with E-state index in [1.54, 1.807) is 19.5 Å². The molecule has 0 fully saturated rings. The molecule has 15 heavy (non-hydrogen) atoms. The third kappa shape index (κ3) is 4.18. The van der Waals surface area contributed by atoms with Gasteiger partial charge in [-0.15, -0.1) is 0 Å². The third-order valence-electron chi connectivity index (χ3n) is 2.25. The zero-order valence-corrected chi connectivity index (χ0v) is 10.9. The molecule has 0 aliphatic heterocycles. The molecule has 0 aromatic carbocycles. The Balaban J connectivity index is 2.42. The van der Waals surface area contributed by atoms with Crippen LogP contribution in [0.2, 0.25) is 0 Å². The van der Waals surface area contributed by atoms with E-state index in [0.29, 0.717) is 6.61 Å². The van der Waals surface area contributed by atoms with Crippen molar-refractivity contribution in [1.82, 2.24) is 4.98 Å². The predicted molar refractivity (Wildman–Crippen MR) is 63.1 cm³/mol. The van der Waals surface area contributed by atoms with E-state index >= 15 is 0 Å². The lowest BCUT2D eigenvalue weighted by Gasteiger charge is -2.22. The fraction of sp³-hybridized carbons (Fsp3) is 0.545. The molecule has 0 aliphatic carbocycles. The normalized spacial score (nSPS) is 11.5. The lowest BCUT2D eigenvalue weighted by molar-refractivity contribution is 0.00539. The Hall–Kier alpha value is -0.610. The van der Waals surface area contributed by atoms with E-state index < -0.39 is 0 Å². The number of hydrogen-bond acceptors (Lipinski definition) is 3. The molecule has 84 valence electrons. The maximum atomic E-state index is 5.61. The topological polar surface area (TPSA) is 31.4 Å². The summed E-state index contributed by atoms with van der Waals surface area (Å²) in [4.78, 5) is 3.97. The molecule has 1 rings (SSSR count). The SMILES string of the molecule is COC(C)(C)CCOc1ccncc1Br. The number of halogens is 1. The van der Waals surface area contributed by atoms with Crippen molar-refractivity contribution >= 4 is 15.9 Å². The minimum Gasteiger partial charge on any atom is -0.492 e. The van der Waals surface area contributed by atoms with Crippen molar-refractivity contribution < 1.29 is 9.47 Å². The number of methoxy groups -OCH3 is 1. The van der Waals surface area contributed by atoms with Crippen LogP contribution in [0.5, 0.6) is 5.75 Å². The fourth-order valence-corrected chi connectivity index (χ4v) is 1.35. The van der Waals surface area contributed by atoms with E-state index in [0.717, 1.165) is 16.6 Å². The Morgan fingerprint density at radius 3 is 2.80 bits per heavy atom. The minimum atomic E-state index is -0.139. The molecule has 0 atom stereocenters. The summed E-state index contributed by atoms with van der Waals surface area (Å²) >= 11 is 3.38. The average Bonchev–Trinajstić information content (AvgIpc) is 2.21. The number of aromatic nitrogens is 1. The Morgan fingerprint density at radius 1 is 1.47 bits per heavy atom. The summed E-state index contributed by atoms with van der Waals surface area (Å²) in [6.45, 7) is 4.71. The first kappa shape index (κ1) is 12.5. The largest absolute Gasteiger partial charge is 0.492 e. The highest BCUT2D eigenvalue weighted by Gasteiger charge is 2.16. The van der Waals surface area contributed by atoms with E-state index in [1.165, 1.54) is 0 Å². The van der Waals surface area contributed by atoms with Gasteiger partial charge >= 0.3 is 0 Å². The Bertz CT molecular complexity index is 315. The number of pyridine rings is 1. The van der Waals surface area contributed by atoms with E-state index in [-0.39, 0.29) is 5.60 Å². The van der Waals surface area contributed by atoms with Crippen LogP contribution in [0.25, 0.3) is 0 Å². The van der Waals surface area contributed by atoms with Gasteiger partial charge in [-0.3, -0.25) is 4.98 Å². The van der Waals surface area contributed by atoms with Gasteiger partial charge in [-0.2, -0.15) is 0 Å². The fourth-order valence-electron chi connectivity index (χ4n) is 0.988. The number of ether oxygens (including phenoxy) is 2. The highest BCUT2D eigenvalue weighted by atomic mass is 79.9. The van der Waals surface area contributed by atoms with Gasteiger partial charge in [0, 0.05) is 25.9 Å². The second-order valence-electron chi connectivity index (χ2n) is 3.87. The molecule has 0 amide bonds. The zero-order chi connectivity index (χ0) is 11.3. The minimum absolute atomic E-state index is 0.139. The summed E-state index contributed by atoms with van der Waals surface area (Å²) in [7, 11) is 1.71. The molecule has 1 aromatic rings. The summed E-state index contributed by atoms with van der Waals surface area (Å²) < 4.78 is 11.8. The molecule has 0 radical (unpaired) electrons. The molecule has 0 saturated carbocycles. The van der Waals surface area contributed by atoms with Crippen molar-refractivity contribution in [2.45, 2.75) is 25.9 Å². The van der Waals surface area contributed by atoms with Crippen molar-refractivity contribution in [2.24, 2.45) is 0 Å². The highest BCUT2D eigenvalue weighted by Crippen LogP contribution is 2.23. The maximum Gasteiger partial charge on any atom is 0.136 e. The second-order valence-corrected chi connectivity index (χ2v) is 4.72. The summed E-state index contributed by atoms with van der Waals surface area (Å²) in [6.07, 6.45) is 4.27. The van der Waals surface area contributed by atoms with E-state index in [1.807, 2.05) is 19.9 Å². The van der Waals surface area contributed by atoms with Crippen LogP contribution in [0.3, 0.4) is 0 Å². The Morgan fingerprint density at radius 2 is 2.20 bits per heavy atom. The molecule has 3 nitrogen and oxygen atoms in total. The summed E-state index contributed by atoms with van der Waals surface area (Å²) in [6, 6.07) is 1.84. The van der Waals surface area contributed by atoms with Crippen LogP contribution in [-0.2, 0) is 4.74 Å². The van der Waals surface area contributed by atoms with Crippen LogP contribution < -0.4 is 4.74 Å². The average molecular weight is 274 g/mol. The van der Waals surface area contributed by atoms with E-state index in [2.05, 4.69) is 20.9 Å². The predicted octanol–water partition coefficient (Wildman–Crippen LogP) is 3.04.